The predicted octanol–water partition coefficient (Wildman–Crippen LogP) is 6.40. The SMILES string of the molecule is CC=CCCC1CCC(C2CCC(c3ccc(OC)c(F)c3F)CC2)CO1. The third kappa shape index (κ3) is 4.90. The van der Waals surface area contributed by atoms with Crippen molar-refractivity contribution in [3.8, 4) is 5.75 Å². The minimum Gasteiger partial charge on any atom is -0.494 e. The molecule has 2 aliphatic rings. The molecule has 0 N–H and O–H groups in total. The Morgan fingerprint density at radius 1 is 1.04 bits per heavy atom. The highest BCUT2D eigenvalue weighted by atomic mass is 19.2. The number of allylic oxidation sites excluding steroid dienone is 2. The summed E-state index contributed by atoms with van der Waals surface area (Å²) in [7, 11) is 1.36. The van der Waals surface area contributed by atoms with Gasteiger partial charge in [0.15, 0.2) is 11.6 Å². The quantitative estimate of drug-likeness (QED) is 0.533. The second kappa shape index (κ2) is 9.68. The molecule has 1 aliphatic heterocycles. The molecule has 1 aromatic carbocycles. The normalized spacial score (nSPS) is 29.2. The molecule has 1 saturated heterocycles. The van der Waals surface area contributed by atoms with Crippen LogP contribution in [0.3, 0.4) is 0 Å². The summed E-state index contributed by atoms with van der Waals surface area (Å²) in [5.74, 6) is -0.220. The summed E-state index contributed by atoms with van der Waals surface area (Å²) in [5.41, 5.74) is 0.510. The van der Waals surface area contributed by atoms with Crippen LogP contribution in [0, 0.1) is 23.5 Å². The fourth-order valence-corrected chi connectivity index (χ4v) is 4.80. The van der Waals surface area contributed by atoms with Gasteiger partial charge >= 0.3 is 0 Å². The maximum atomic E-state index is 14.4. The van der Waals surface area contributed by atoms with E-state index < -0.39 is 11.6 Å². The molecule has 3 rings (SSSR count). The van der Waals surface area contributed by atoms with Crippen LogP contribution in [-0.2, 0) is 4.74 Å². The summed E-state index contributed by atoms with van der Waals surface area (Å²) < 4.78 is 39.4. The van der Waals surface area contributed by atoms with Gasteiger partial charge in [0.1, 0.15) is 0 Å². The number of ether oxygens (including phenoxy) is 2. The van der Waals surface area contributed by atoms with Gasteiger partial charge in [0.05, 0.1) is 19.8 Å². The Morgan fingerprint density at radius 3 is 2.41 bits per heavy atom. The van der Waals surface area contributed by atoms with Crippen molar-refractivity contribution in [2.24, 2.45) is 11.8 Å². The highest BCUT2D eigenvalue weighted by molar-refractivity contribution is 5.33. The minimum absolute atomic E-state index is 0.0201. The van der Waals surface area contributed by atoms with Gasteiger partial charge in [-0.05, 0) is 87.7 Å². The topological polar surface area (TPSA) is 18.5 Å². The molecule has 2 atom stereocenters. The van der Waals surface area contributed by atoms with Crippen LogP contribution in [0.15, 0.2) is 24.3 Å². The zero-order valence-corrected chi connectivity index (χ0v) is 16.6. The Hall–Kier alpha value is -1.42. The Labute approximate surface area is 161 Å². The van der Waals surface area contributed by atoms with Gasteiger partial charge in [0.2, 0.25) is 5.82 Å². The number of methoxy groups -OCH3 is 1. The van der Waals surface area contributed by atoms with E-state index in [2.05, 4.69) is 19.1 Å². The summed E-state index contributed by atoms with van der Waals surface area (Å²) in [4.78, 5) is 0. The standard InChI is InChI=1S/C23H32F2O2/c1-3-4-5-6-19-12-11-18(15-27-19)16-7-9-17(10-8-16)20-13-14-21(26-2)23(25)22(20)24/h3-4,13-14,16-19H,5-12,15H2,1-2H3. The third-order valence-electron chi connectivity index (χ3n) is 6.47. The monoisotopic (exact) mass is 378 g/mol. The van der Waals surface area contributed by atoms with Gasteiger partial charge in [-0.25, -0.2) is 4.39 Å². The second-order valence-electron chi connectivity index (χ2n) is 8.04. The van der Waals surface area contributed by atoms with Gasteiger partial charge in [0.25, 0.3) is 0 Å². The van der Waals surface area contributed by atoms with Crippen molar-refractivity contribution in [1.29, 1.82) is 0 Å². The van der Waals surface area contributed by atoms with Gasteiger partial charge in [-0.1, -0.05) is 18.2 Å². The number of halogens is 2. The first-order chi connectivity index (χ1) is 13.1. The fraction of sp³-hybridized carbons (Fsp3) is 0.652. The van der Waals surface area contributed by atoms with Gasteiger partial charge in [-0.15, -0.1) is 0 Å². The lowest BCUT2D eigenvalue weighted by atomic mass is 9.72. The zero-order valence-electron chi connectivity index (χ0n) is 16.6. The smallest absolute Gasteiger partial charge is 0.200 e. The van der Waals surface area contributed by atoms with Crippen molar-refractivity contribution in [3.63, 3.8) is 0 Å². The fourth-order valence-electron chi connectivity index (χ4n) is 4.80. The van der Waals surface area contributed by atoms with Crippen LogP contribution in [-0.4, -0.2) is 19.8 Å². The van der Waals surface area contributed by atoms with Crippen LogP contribution in [0.1, 0.15) is 69.8 Å². The van der Waals surface area contributed by atoms with E-state index in [1.54, 1.807) is 12.1 Å². The van der Waals surface area contributed by atoms with E-state index >= 15 is 0 Å². The molecule has 150 valence electrons. The van der Waals surface area contributed by atoms with Crippen molar-refractivity contribution in [2.45, 2.75) is 70.3 Å². The molecule has 1 aliphatic carbocycles. The molecule has 0 radical (unpaired) electrons. The molecular weight excluding hydrogens is 346 g/mol. The average molecular weight is 379 g/mol. The van der Waals surface area contributed by atoms with Gasteiger partial charge in [-0.3, -0.25) is 0 Å². The highest BCUT2D eigenvalue weighted by Crippen LogP contribution is 2.43. The summed E-state index contributed by atoms with van der Waals surface area (Å²) in [6, 6.07) is 3.24. The van der Waals surface area contributed by atoms with Crippen LogP contribution < -0.4 is 4.74 Å². The zero-order chi connectivity index (χ0) is 19.2. The summed E-state index contributed by atoms with van der Waals surface area (Å²) in [5, 5.41) is 0. The summed E-state index contributed by atoms with van der Waals surface area (Å²) in [6.07, 6.45) is 13.3. The lowest BCUT2D eigenvalue weighted by molar-refractivity contribution is -0.0402. The number of rotatable bonds is 6. The van der Waals surface area contributed by atoms with Crippen molar-refractivity contribution in [1.82, 2.24) is 0 Å². The van der Waals surface area contributed by atoms with Crippen LogP contribution in [0.2, 0.25) is 0 Å². The molecule has 1 heterocycles. The molecule has 27 heavy (non-hydrogen) atoms. The van der Waals surface area contributed by atoms with Gasteiger partial charge in [0, 0.05) is 0 Å². The van der Waals surface area contributed by atoms with Crippen LogP contribution in [0.25, 0.3) is 0 Å². The molecule has 1 aromatic rings. The molecule has 0 spiro atoms. The number of hydrogen-bond acceptors (Lipinski definition) is 2. The third-order valence-corrected chi connectivity index (χ3v) is 6.47. The van der Waals surface area contributed by atoms with Crippen LogP contribution >= 0.6 is 0 Å². The molecule has 4 heteroatoms. The van der Waals surface area contributed by atoms with Crippen LogP contribution in [0.5, 0.6) is 5.75 Å². The lowest BCUT2D eigenvalue weighted by Gasteiger charge is -2.38. The van der Waals surface area contributed by atoms with Gasteiger partial charge in [-0.2, -0.15) is 4.39 Å². The first-order valence-electron chi connectivity index (χ1n) is 10.4. The minimum atomic E-state index is -0.859. The molecule has 2 unspecified atom stereocenters. The molecule has 0 bridgehead atoms. The van der Waals surface area contributed by atoms with Crippen molar-refractivity contribution in [3.05, 3.63) is 41.5 Å². The molecule has 1 saturated carbocycles. The maximum Gasteiger partial charge on any atom is 0.200 e. The van der Waals surface area contributed by atoms with Crippen molar-refractivity contribution >= 4 is 0 Å². The largest absolute Gasteiger partial charge is 0.494 e. The van der Waals surface area contributed by atoms with E-state index in [9.17, 15) is 8.78 Å². The lowest BCUT2D eigenvalue weighted by Crippen LogP contribution is -2.32. The first kappa shape index (κ1) is 20.3. The van der Waals surface area contributed by atoms with E-state index in [1.807, 2.05) is 0 Å². The van der Waals surface area contributed by atoms with Crippen molar-refractivity contribution in [2.75, 3.05) is 13.7 Å². The van der Waals surface area contributed by atoms with E-state index in [0.717, 1.165) is 51.6 Å². The summed E-state index contributed by atoms with van der Waals surface area (Å²) in [6.45, 7) is 2.92. The first-order valence-corrected chi connectivity index (χ1v) is 10.4. The Balaban J connectivity index is 1.49. The average Bonchev–Trinajstić information content (AvgIpc) is 2.71. The molecule has 2 fully saturated rings. The highest BCUT2D eigenvalue weighted by Gasteiger charge is 2.32. The maximum absolute atomic E-state index is 14.4. The van der Waals surface area contributed by atoms with Gasteiger partial charge < -0.3 is 9.47 Å². The second-order valence-corrected chi connectivity index (χ2v) is 8.04. The van der Waals surface area contributed by atoms with Crippen LogP contribution in [0.4, 0.5) is 8.78 Å². The molecular formula is C23H32F2O2. The number of hydrogen-bond donors (Lipinski definition) is 0. The Kier molecular flexibility index (Phi) is 7.28. The summed E-state index contributed by atoms with van der Waals surface area (Å²) >= 11 is 0. The number of benzene rings is 1. The molecule has 2 nitrogen and oxygen atoms in total. The Morgan fingerprint density at radius 2 is 1.78 bits per heavy atom. The van der Waals surface area contributed by atoms with Crippen molar-refractivity contribution < 1.29 is 18.3 Å². The van der Waals surface area contributed by atoms with E-state index in [4.69, 9.17) is 9.47 Å². The predicted molar refractivity (Wildman–Crippen MR) is 104 cm³/mol. The van der Waals surface area contributed by atoms with E-state index in [1.165, 1.54) is 13.5 Å². The van der Waals surface area contributed by atoms with E-state index in [-0.39, 0.29) is 11.7 Å². The molecule has 0 amide bonds. The van der Waals surface area contributed by atoms with E-state index in [0.29, 0.717) is 23.5 Å². The Bertz CT molecular complexity index is 628. The molecule has 0 aromatic heterocycles.